The minimum absolute atomic E-state index is 0.352. The fourth-order valence-electron chi connectivity index (χ4n) is 3.39. The molecule has 5 nitrogen and oxygen atoms in total. The number of benzene rings is 1. The second-order valence-corrected chi connectivity index (χ2v) is 7.64. The Kier molecular flexibility index (Phi) is 5.68. The molecule has 0 spiro atoms. The molecule has 1 fully saturated rings. The van der Waals surface area contributed by atoms with Gasteiger partial charge in [-0.05, 0) is 56.9 Å². The Balaban J connectivity index is 1.51. The van der Waals surface area contributed by atoms with Crippen molar-refractivity contribution in [3.05, 3.63) is 46.5 Å². The third-order valence-electron chi connectivity index (χ3n) is 5.52. The number of hydrogen-bond acceptors (Lipinski definition) is 4. The number of aromatic amines is 1. The van der Waals surface area contributed by atoms with Gasteiger partial charge in [0.2, 0.25) is 0 Å². The van der Waals surface area contributed by atoms with Gasteiger partial charge in [-0.2, -0.15) is 0 Å². The number of aryl methyl sites for hydroxylation is 4. The highest BCUT2D eigenvalue weighted by Gasteiger charge is 2.33. The van der Waals surface area contributed by atoms with E-state index in [2.05, 4.69) is 48.6 Å². The minimum Gasteiger partial charge on any atom is -0.491 e. The molecule has 1 aliphatic rings. The molecule has 0 amide bonds. The molecule has 0 bridgehead atoms. The first-order valence-electron chi connectivity index (χ1n) is 9.58. The Hall–Kier alpha value is -1.85. The van der Waals surface area contributed by atoms with E-state index in [9.17, 15) is 5.11 Å². The second-order valence-electron chi connectivity index (χ2n) is 7.64. The number of nitrogens with one attached hydrogen (secondary N) is 1. The number of rotatable bonds is 6. The van der Waals surface area contributed by atoms with Crippen molar-refractivity contribution in [3.8, 4) is 5.75 Å². The number of piperidine rings is 1. The Bertz CT molecular complexity index is 746. The van der Waals surface area contributed by atoms with E-state index in [4.69, 9.17) is 4.74 Å². The Labute approximate surface area is 156 Å². The molecule has 2 N–H and O–H groups in total. The maximum Gasteiger partial charge on any atom is 0.119 e. The predicted molar refractivity (Wildman–Crippen MR) is 104 cm³/mol. The van der Waals surface area contributed by atoms with Gasteiger partial charge in [0, 0.05) is 31.7 Å². The standard InChI is InChI=1S/C21H31N3O2/c1-5-20-22-17(4)19(23-20)13-24-10-8-21(25,9-11-24)14-26-18-7-6-15(2)16(3)12-18/h6-7,12,25H,5,8-11,13-14H2,1-4H3,(H,22,23). The van der Waals surface area contributed by atoms with Crippen LogP contribution in [0.4, 0.5) is 0 Å². The molecule has 1 aromatic heterocycles. The van der Waals surface area contributed by atoms with Crippen LogP contribution in [-0.4, -0.2) is 45.3 Å². The molecule has 2 heterocycles. The van der Waals surface area contributed by atoms with Crippen LogP contribution in [0.25, 0.3) is 0 Å². The summed E-state index contributed by atoms with van der Waals surface area (Å²) in [4.78, 5) is 10.4. The average molecular weight is 357 g/mol. The molecule has 0 saturated carbocycles. The molecule has 0 atom stereocenters. The largest absolute Gasteiger partial charge is 0.491 e. The van der Waals surface area contributed by atoms with E-state index >= 15 is 0 Å². The lowest BCUT2D eigenvalue weighted by molar-refractivity contribution is -0.0539. The van der Waals surface area contributed by atoms with Gasteiger partial charge in [0.1, 0.15) is 23.8 Å². The van der Waals surface area contributed by atoms with E-state index in [1.165, 1.54) is 11.1 Å². The van der Waals surface area contributed by atoms with Crippen LogP contribution in [0.15, 0.2) is 18.2 Å². The molecular weight excluding hydrogens is 326 g/mol. The van der Waals surface area contributed by atoms with Crippen LogP contribution >= 0.6 is 0 Å². The number of aromatic nitrogens is 2. The number of hydrogen-bond donors (Lipinski definition) is 2. The van der Waals surface area contributed by atoms with Crippen LogP contribution in [-0.2, 0) is 13.0 Å². The van der Waals surface area contributed by atoms with Crippen molar-refractivity contribution >= 4 is 0 Å². The van der Waals surface area contributed by atoms with Crippen molar-refractivity contribution in [2.45, 2.75) is 59.1 Å². The van der Waals surface area contributed by atoms with Crippen LogP contribution < -0.4 is 4.74 Å². The van der Waals surface area contributed by atoms with Gasteiger partial charge in [0.05, 0.1) is 5.69 Å². The maximum absolute atomic E-state index is 10.9. The van der Waals surface area contributed by atoms with Crippen LogP contribution in [0.5, 0.6) is 5.75 Å². The topological polar surface area (TPSA) is 61.4 Å². The summed E-state index contributed by atoms with van der Waals surface area (Å²) in [7, 11) is 0. The van der Waals surface area contributed by atoms with E-state index in [0.29, 0.717) is 6.61 Å². The summed E-state index contributed by atoms with van der Waals surface area (Å²) in [5, 5.41) is 10.9. The molecule has 0 aliphatic carbocycles. The molecule has 1 aromatic carbocycles. The fraction of sp³-hybridized carbons (Fsp3) is 0.571. The number of ether oxygens (including phenoxy) is 1. The number of H-pyrrole nitrogens is 1. The summed E-state index contributed by atoms with van der Waals surface area (Å²) in [5.41, 5.74) is 4.00. The van der Waals surface area contributed by atoms with Crippen LogP contribution in [0.1, 0.15) is 48.1 Å². The van der Waals surface area contributed by atoms with Gasteiger partial charge in [-0.3, -0.25) is 4.90 Å². The Morgan fingerprint density at radius 1 is 1.19 bits per heavy atom. The summed E-state index contributed by atoms with van der Waals surface area (Å²) in [5.74, 6) is 1.89. The molecule has 2 aromatic rings. The zero-order valence-corrected chi connectivity index (χ0v) is 16.4. The van der Waals surface area contributed by atoms with E-state index in [-0.39, 0.29) is 0 Å². The molecule has 1 saturated heterocycles. The average Bonchev–Trinajstić information content (AvgIpc) is 2.98. The highest BCUT2D eigenvalue weighted by atomic mass is 16.5. The van der Waals surface area contributed by atoms with Crippen molar-refractivity contribution in [1.29, 1.82) is 0 Å². The van der Waals surface area contributed by atoms with Crippen LogP contribution in [0.2, 0.25) is 0 Å². The maximum atomic E-state index is 10.9. The van der Waals surface area contributed by atoms with Gasteiger partial charge in [-0.1, -0.05) is 13.0 Å². The van der Waals surface area contributed by atoms with Gasteiger partial charge < -0.3 is 14.8 Å². The normalized spacial score (nSPS) is 17.4. The lowest BCUT2D eigenvalue weighted by Gasteiger charge is -2.37. The molecular formula is C21H31N3O2. The SMILES string of the molecule is CCc1nc(CN2CCC(O)(COc3ccc(C)c(C)c3)CC2)c(C)[nH]1. The lowest BCUT2D eigenvalue weighted by atomic mass is 9.92. The van der Waals surface area contributed by atoms with Crippen molar-refractivity contribution < 1.29 is 9.84 Å². The number of aliphatic hydroxyl groups is 1. The molecule has 0 radical (unpaired) electrons. The first kappa shape index (κ1) is 18.9. The lowest BCUT2D eigenvalue weighted by Crippen LogP contribution is -2.47. The van der Waals surface area contributed by atoms with Gasteiger partial charge in [0.15, 0.2) is 0 Å². The third kappa shape index (κ3) is 4.46. The molecule has 0 unspecified atom stereocenters. The van der Waals surface area contributed by atoms with E-state index in [0.717, 1.165) is 61.9 Å². The summed E-state index contributed by atoms with van der Waals surface area (Å²) < 4.78 is 5.89. The smallest absolute Gasteiger partial charge is 0.119 e. The van der Waals surface area contributed by atoms with Gasteiger partial charge in [-0.25, -0.2) is 4.98 Å². The summed E-state index contributed by atoms with van der Waals surface area (Å²) >= 11 is 0. The van der Waals surface area contributed by atoms with Gasteiger partial charge in [-0.15, -0.1) is 0 Å². The van der Waals surface area contributed by atoms with Crippen molar-refractivity contribution in [1.82, 2.24) is 14.9 Å². The van der Waals surface area contributed by atoms with Crippen LogP contribution in [0.3, 0.4) is 0 Å². The van der Waals surface area contributed by atoms with Crippen molar-refractivity contribution in [2.24, 2.45) is 0 Å². The van der Waals surface area contributed by atoms with Gasteiger partial charge in [0.25, 0.3) is 0 Å². The number of imidazole rings is 1. The van der Waals surface area contributed by atoms with Crippen LogP contribution in [0, 0.1) is 20.8 Å². The first-order chi connectivity index (χ1) is 12.4. The predicted octanol–water partition coefficient (Wildman–Crippen LogP) is 3.30. The van der Waals surface area contributed by atoms with Crippen molar-refractivity contribution in [3.63, 3.8) is 0 Å². The Morgan fingerprint density at radius 3 is 2.54 bits per heavy atom. The Morgan fingerprint density at radius 2 is 1.92 bits per heavy atom. The van der Waals surface area contributed by atoms with E-state index in [1.807, 2.05) is 12.1 Å². The zero-order chi connectivity index (χ0) is 18.7. The second kappa shape index (κ2) is 7.80. The monoisotopic (exact) mass is 357 g/mol. The first-order valence-corrected chi connectivity index (χ1v) is 9.58. The molecule has 5 heteroatoms. The summed E-state index contributed by atoms with van der Waals surface area (Å²) in [6, 6.07) is 6.08. The van der Waals surface area contributed by atoms with Crippen molar-refractivity contribution in [2.75, 3.05) is 19.7 Å². The minimum atomic E-state index is -0.746. The molecule has 3 rings (SSSR count). The van der Waals surface area contributed by atoms with Gasteiger partial charge >= 0.3 is 0 Å². The zero-order valence-electron chi connectivity index (χ0n) is 16.4. The summed E-state index contributed by atoms with van der Waals surface area (Å²) in [6.45, 7) is 11.3. The molecule has 1 aliphatic heterocycles. The molecule has 26 heavy (non-hydrogen) atoms. The third-order valence-corrected chi connectivity index (χ3v) is 5.52. The number of nitrogens with zero attached hydrogens (tertiary/aromatic N) is 2. The highest BCUT2D eigenvalue weighted by molar-refractivity contribution is 5.33. The fourth-order valence-corrected chi connectivity index (χ4v) is 3.39. The molecule has 142 valence electrons. The van der Waals surface area contributed by atoms with E-state index < -0.39 is 5.60 Å². The highest BCUT2D eigenvalue weighted by Crippen LogP contribution is 2.26. The number of likely N-dealkylation sites (tertiary alicyclic amines) is 1. The van der Waals surface area contributed by atoms with E-state index in [1.54, 1.807) is 0 Å². The summed E-state index contributed by atoms with van der Waals surface area (Å²) in [6.07, 6.45) is 2.38. The quantitative estimate of drug-likeness (QED) is 0.833.